The Morgan fingerprint density at radius 1 is 1.07 bits per heavy atom. The number of nitrogens with zero attached hydrogens (tertiary/aromatic N) is 3. The molecule has 0 saturated carbocycles. The van der Waals surface area contributed by atoms with Crippen LogP contribution in [0.15, 0.2) is 54.6 Å². The highest BCUT2D eigenvalue weighted by Crippen LogP contribution is 2.33. The number of phenolic OH excluding ortho intramolecular Hbond substituents is 1. The van der Waals surface area contributed by atoms with Crippen LogP contribution >= 0.6 is 35.4 Å². The first-order chi connectivity index (χ1) is 13.9. The first-order valence-corrected chi connectivity index (χ1v) is 9.99. The fraction of sp³-hybridized carbons (Fsp3) is 0.0952. The molecule has 3 aromatic carbocycles. The van der Waals surface area contributed by atoms with E-state index in [0.29, 0.717) is 17.9 Å². The molecular weight excluding hydrogens is 429 g/mol. The van der Waals surface area contributed by atoms with Gasteiger partial charge in [0, 0.05) is 6.54 Å². The minimum atomic E-state index is -0.528. The quantitative estimate of drug-likeness (QED) is 0.397. The molecule has 0 aliphatic carbocycles. The molecule has 8 heteroatoms. The molecule has 0 fully saturated rings. The molecule has 4 aromatic rings. The summed E-state index contributed by atoms with van der Waals surface area (Å²) in [6.45, 7) is 2.35. The van der Waals surface area contributed by atoms with Gasteiger partial charge in [-0.1, -0.05) is 53.5 Å². The molecule has 146 valence electrons. The van der Waals surface area contributed by atoms with Gasteiger partial charge in [-0.3, -0.25) is 9.36 Å². The topological polar surface area (TPSA) is 60.0 Å². The first kappa shape index (κ1) is 19.6. The van der Waals surface area contributed by atoms with E-state index in [1.54, 1.807) is 28.8 Å². The summed E-state index contributed by atoms with van der Waals surface area (Å²) in [5, 5.41) is 17.3. The highest BCUT2D eigenvalue weighted by Gasteiger charge is 2.23. The van der Waals surface area contributed by atoms with Gasteiger partial charge in [-0.05, 0) is 54.2 Å². The van der Waals surface area contributed by atoms with E-state index in [2.05, 4.69) is 5.10 Å². The van der Waals surface area contributed by atoms with E-state index in [1.807, 2.05) is 37.3 Å². The molecule has 0 atom stereocenters. The summed E-state index contributed by atoms with van der Waals surface area (Å²) >= 11 is 17.9. The number of hydrogen-bond acceptors (Lipinski definition) is 4. The number of benzene rings is 3. The van der Waals surface area contributed by atoms with Crippen LogP contribution in [-0.4, -0.2) is 25.4 Å². The molecule has 5 nitrogen and oxygen atoms in total. The van der Waals surface area contributed by atoms with E-state index >= 15 is 0 Å². The lowest BCUT2D eigenvalue weighted by Gasteiger charge is -2.07. The van der Waals surface area contributed by atoms with Crippen molar-refractivity contribution in [3.63, 3.8) is 0 Å². The molecule has 4 rings (SSSR count). The minimum Gasteiger partial charge on any atom is -0.507 e. The predicted octanol–water partition coefficient (Wildman–Crippen LogP) is 5.96. The molecule has 1 heterocycles. The third-order valence-corrected chi connectivity index (χ3v) is 5.68. The number of aromatic hydroxyl groups is 1. The van der Waals surface area contributed by atoms with Crippen LogP contribution in [0, 0.1) is 4.77 Å². The molecule has 0 aliphatic rings. The third-order valence-electron chi connectivity index (χ3n) is 4.65. The summed E-state index contributed by atoms with van der Waals surface area (Å²) in [7, 11) is 0. The fourth-order valence-corrected chi connectivity index (χ4v) is 4.13. The van der Waals surface area contributed by atoms with Crippen molar-refractivity contribution >= 4 is 52.1 Å². The van der Waals surface area contributed by atoms with Crippen molar-refractivity contribution in [2.75, 3.05) is 0 Å². The van der Waals surface area contributed by atoms with Crippen LogP contribution in [0.25, 0.3) is 22.2 Å². The number of hydrogen-bond donors (Lipinski definition) is 1. The summed E-state index contributed by atoms with van der Waals surface area (Å²) in [6.07, 6.45) is 0. The maximum absolute atomic E-state index is 13.1. The number of carbonyl (C=O) groups is 1. The maximum Gasteiger partial charge on any atom is 0.283 e. The van der Waals surface area contributed by atoms with E-state index in [4.69, 9.17) is 35.4 Å². The van der Waals surface area contributed by atoms with Gasteiger partial charge >= 0.3 is 0 Å². The van der Waals surface area contributed by atoms with Gasteiger partial charge in [0.2, 0.25) is 4.77 Å². The Morgan fingerprint density at radius 3 is 2.31 bits per heavy atom. The minimum absolute atomic E-state index is 0.0498. The Hall–Kier alpha value is -2.67. The fourth-order valence-electron chi connectivity index (χ4n) is 3.23. The highest BCUT2D eigenvalue weighted by atomic mass is 35.5. The van der Waals surface area contributed by atoms with E-state index in [0.717, 1.165) is 15.5 Å². The van der Waals surface area contributed by atoms with Crippen molar-refractivity contribution in [3.05, 3.63) is 75.0 Å². The molecule has 0 bridgehead atoms. The van der Waals surface area contributed by atoms with Gasteiger partial charge in [0.15, 0.2) is 5.82 Å². The Morgan fingerprint density at radius 2 is 1.69 bits per heavy atom. The first-order valence-electron chi connectivity index (χ1n) is 8.83. The molecule has 0 saturated heterocycles. The molecule has 0 aliphatic heterocycles. The van der Waals surface area contributed by atoms with E-state index in [9.17, 15) is 9.90 Å². The largest absolute Gasteiger partial charge is 0.507 e. The summed E-state index contributed by atoms with van der Waals surface area (Å²) in [4.78, 5) is 13.1. The lowest BCUT2D eigenvalue weighted by molar-refractivity contribution is 0.0943. The van der Waals surface area contributed by atoms with E-state index in [1.165, 1.54) is 0 Å². The second kappa shape index (κ2) is 7.63. The number of fused-ring (bicyclic) bond motifs is 1. The average Bonchev–Trinajstić information content (AvgIpc) is 3.03. The number of phenols is 1. The van der Waals surface area contributed by atoms with Gasteiger partial charge < -0.3 is 5.11 Å². The van der Waals surface area contributed by atoms with Crippen LogP contribution in [0.3, 0.4) is 0 Å². The summed E-state index contributed by atoms with van der Waals surface area (Å²) in [5.74, 6) is -0.0922. The van der Waals surface area contributed by atoms with Crippen LogP contribution in [0.2, 0.25) is 10.0 Å². The Balaban J connectivity index is 1.93. The maximum atomic E-state index is 13.1. The summed E-state index contributed by atoms with van der Waals surface area (Å²) in [6, 6.07) is 16.0. The molecule has 0 radical (unpaired) electrons. The zero-order valence-corrected chi connectivity index (χ0v) is 17.6. The number of carbonyl (C=O) groups excluding carboxylic acids is 1. The summed E-state index contributed by atoms with van der Waals surface area (Å²) in [5.41, 5.74) is 0.607. The zero-order valence-electron chi connectivity index (χ0n) is 15.3. The Labute approximate surface area is 181 Å². The lowest BCUT2D eigenvalue weighted by Crippen LogP contribution is -2.15. The Bertz CT molecular complexity index is 1310. The van der Waals surface area contributed by atoms with Crippen molar-refractivity contribution in [3.8, 4) is 17.1 Å². The van der Waals surface area contributed by atoms with Crippen molar-refractivity contribution in [1.29, 1.82) is 0 Å². The molecule has 1 aromatic heterocycles. The number of rotatable bonds is 3. The van der Waals surface area contributed by atoms with Crippen molar-refractivity contribution in [2.24, 2.45) is 0 Å². The molecular formula is C21H15Cl2N3O2S. The summed E-state index contributed by atoms with van der Waals surface area (Å²) < 4.78 is 2.97. The molecule has 0 amide bonds. The SMILES string of the molecule is CCn1c(-c2cc3ccccc3cc2O)nn(C(=O)c2c(Cl)cccc2Cl)c1=S. The number of aromatic nitrogens is 3. The van der Waals surface area contributed by atoms with E-state index < -0.39 is 5.91 Å². The molecule has 29 heavy (non-hydrogen) atoms. The lowest BCUT2D eigenvalue weighted by atomic mass is 10.1. The van der Waals surface area contributed by atoms with Gasteiger partial charge in [0.05, 0.1) is 21.2 Å². The second-order valence-electron chi connectivity index (χ2n) is 6.38. The normalized spacial score (nSPS) is 11.1. The molecule has 0 unspecified atom stereocenters. The van der Waals surface area contributed by atoms with Crippen LogP contribution < -0.4 is 0 Å². The predicted molar refractivity (Wildman–Crippen MR) is 118 cm³/mol. The monoisotopic (exact) mass is 443 g/mol. The van der Waals surface area contributed by atoms with Gasteiger partial charge in [-0.15, -0.1) is 5.10 Å². The van der Waals surface area contributed by atoms with Crippen molar-refractivity contribution in [1.82, 2.24) is 14.3 Å². The highest BCUT2D eigenvalue weighted by molar-refractivity contribution is 7.71. The molecule has 0 spiro atoms. The van der Waals surface area contributed by atoms with Crippen LogP contribution in [0.1, 0.15) is 17.3 Å². The Kier molecular flexibility index (Phi) is 5.17. The average molecular weight is 444 g/mol. The van der Waals surface area contributed by atoms with Crippen molar-refractivity contribution < 1.29 is 9.90 Å². The van der Waals surface area contributed by atoms with Crippen LogP contribution in [0.5, 0.6) is 5.75 Å². The second-order valence-corrected chi connectivity index (χ2v) is 7.56. The van der Waals surface area contributed by atoms with Gasteiger partial charge in [0.25, 0.3) is 5.91 Å². The van der Waals surface area contributed by atoms with Gasteiger partial charge in [0.1, 0.15) is 5.75 Å². The standard InChI is InChI=1S/C21H15Cl2N3O2S/c1-2-25-19(14-10-12-6-3-4-7-13(12)11-17(14)27)24-26(21(25)29)20(28)18-15(22)8-5-9-16(18)23/h3-11,27H,2H2,1H3. The van der Waals surface area contributed by atoms with E-state index in [-0.39, 0.29) is 26.1 Å². The number of halogens is 2. The van der Waals surface area contributed by atoms with Gasteiger partial charge in [-0.25, -0.2) is 0 Å². The van der Waals surface area contributed by atoms with Crippen molar-refractivity contribution in [2.45, 2.75) is 13.5 Å². The molecule has 1 N–H and O–H groups in total. The van der Waals surface area contributed by atoms with Crippen LogP contribution in [-0.2, 0) is 6.54 Å². The third kappa shape index (κ3) is 3.33. The van der Waals surface area contributed by atoms with Crippen LogP contribution in [0.4, 0.5) is 0 Å². The smallest absolute Gasteiger partial charge is 0.283 e. The van der Waals surface area contributed by atoms with Gasteiger partial charge in [-0.2, -0.15) is 4.68 Å². The zero-order chi connectivity index (χ0) is 20.7.